The lowest BCUT2D eigenvalue weighted by Gasteiger charge is -2.09. The van der Waals surface area contributed by atoms with E-state index in [1.54, 1.807) is 19.1 Å². The molecule has 0 fully saturated rings. The Hall–Kier alpha value is -3.86. The fraction of sp³-hybridized carbons (Fsp3) is 0.154. The minimum Gasteiger partial charge on any atom is -0.462 e. The van der Waals surface area contributed by atoms with E-state index in [1.807, 2.05) is 78.2 Å². The molecule has 0 aliphatic rings. The molecule has 0 saturated carbocycles. The maximum atomic E-state index is 12.8. The van der Waals surface area contributed by atoms with E-state index in [9.17, 15) is 9.59 Å². The number of esters is 2. The Balaban J connectivity index is 1.74. The highest BCUT2D eigenvalue weighted by Gasteiger charge is 2.22. The van der Waals surface area contributed by atoms with Gasteiger partial charge in [-0.15, -0.1) is 0 Å². The molecule has 0 aliphatic carbocycles. The van der Waals surface area contributed by atoms with Crippen LogP contribution >= 0.6 is 0 Å². The third kappa shape index (κ3) is 4.21. The van der Waals surface area contributed by atoms with Crippen molar-refractivity contribution in [3.63, 3.8) is 0 Å². The minimum atomic E-state index is -0.396. The first-order valence-electron chi connectivity index (χ1n) is 10.2. The lowest BCUT2D eigenvalue weighted by Crippen LogP contribution is -2.11. The second-order valence-corrected chi connectivity index (χ2v) is 7.17. The second-order valence-electron chi connectivity index (χ2n) is 7.17. The van der Waals surface area contributed by atoms with Gasteiger partial charge in [0.05, 0.1) is 24.1 Å². The molecule has 0 spiro atoms. The summed E-state index contributed by atoms with van der Waals surface area (Å²) < 4.78 is 12.9. The average molecular weight is 413 g/mol. The molecule has 1 aromatic heterocycles. The number of rotatable bonds is 6. The third-order valence-corrected chi connectivity index (χ3v) is 5.09. The number of hydrogen-bond acceptors (Lipinski definition) is 4. The van der Waals surface area contributed by atoms with Crippen LogP contribution in [0.3, 0.4) is 0 Å². The van der Waals surface area contributed by atoms with Crippen molar-refractivity contribution in [1.29, 1.82) is 0 Å². The van der Waals surface area contributed by atoms with E-state index in [2.05, 4.69) is 0 Å². The molecule has 0 atom stereocenters. The van der Waals surface area contributed by atoms with Gasteiger partial charge in [0.1, 0.15) is 5.75 Å². The van der Waals surface area contributed by atoms with E-state index >= 15 is 0 Å². The highest BCUT2D eigenvalue weighted by molar-refractivity contribution is 6.07. The standard InChI is InChI=1S/C26H23NO4/c1-3-30-26(29)25-18(2)27(20-12-8-5-9-13-20)23-15-14-21(17-22(23)25)31-24(28)16-19-10-6-4-7-11-19/h4-15,17H,3,16H2,1-2H3. The summed E-state index contributed by atoms with van der Waals surface area (Å²) in [5, 5.41) is 0.685. The Bertz CT molecular complexity index is 1230. The summed E-state index contributed by atoms with van der Waals surface area (Å²) in [6, 6.07) is 24.6. The van der Waals surface area contributed by atoms with Crippen molar-refractivity contribution in [1.82, 2.24) is 4.57 Å². The van der Waals surface area contributed by atoms with Crippen LogP contribution in [0.15, 0.2) is 78.9 Å². The summed E-state index contributed by atoms with van der Waals surface area (Å²) in [5.74, 6) is -0.362. The van der Waals surface area contributed by atoms with Crippen LogP contribution in [-0.4, -0.2) is 23.1 Å². The molecule has 156 valence electrons. The first kappa shape index (κ1) is 20.4. The zero-order valence-corrected chi connectivity index (χ0v) is 17.5. The van der Waals surface area contributed by atoms with Gasteiger partial charge in [-0.2, -0.15) is 0 Å². The zero-order valence-electron chi connectivity index (χ0n) is 17.5. The summed E-state index contributed by atoms with van der Waals surface area (Å²) in [7, 11) is 0. The number of benzene rings is 3. The molecule has 0 radical (unpaired) electrons. The van der Waals surface area contributed by atoms with Gasteiger partial charge in [0, 0.05) is 16.8 Å². The summed E-state index contributed by atoms with van der Waals surface area (Å²) in [6.45, 7) is 3.95. The fourth-order valence-corrected chi connectivity index (χ4v) is 3.76. The molecule has 0 aliphatic heterocycles. The monoisotopic (exact) mass is 413 g/mol. The maximum absolute atomic E-state index is 12.8. The highest BCUT2D eigenvalue weighted by Crippen LogP contribution is 2.32. The van der Waals surface area contributed by atoms with E-state index in [4.69, 9.17) is 9.47 Å². The quantitative estimate of drug-likeness (QED) is 0.319. The van der Waals surface area contributed by atoms with Crippen LogP contribution < -0.4 is 4.74 Å². The van der Waals surface area contributed by atoms with E-state index in [0.29, 0.717) is 16.7 Å². The average Bonchev–Trinajstić information content (AvgIpc) is 3.06. The molecule has 4 aromatic rings. The van der Waals surface area contributed by atoms with Gasteiger partial charge in [-0.25, -0.2) is 4.79 Å². The molecule has 0 unspecified atom stereocenters. The normalized spacial score (nSPS) is 10.8. The topological polar surface area (TPSA) is 57.5 Å². The molecule has 0 N–H and O–H groups in total. The van der Waals surface area contributed by atoms with Crippen LogP contribution in [0.2, 0.25) is 0 Å². The summed E-state index contributed by atoms with van der Waals surface area (Å²) in [6.07, 6.45) is 0.174. The van der Waals surface area contributed by atoms with Crippen LogP contribution in [0.4, 0.5) is 0 Å². The Morgan fingerprint density at radius 2 is 1.58 bits per heavy atom. The molecule has 5 heteroatoms. The van der Waals surface area contributed by atoms with E-state index in [0.717, 1.165) is 22.5 Å². The number of fused-ring (bicyclic) bond motifs is 1. The molecule has 31 heavy (non-hydrogen) atoms. The highest BCUT2D eigenvalue weighted by atomic mass is 16.5. The van der Waals surface area contributed by atoms with Crippen molar-refractivity contribution in [3.05, 3.63) is 95.7 Å². The number of carbonyl (C=O) groups excluding carboxylic acids is 2. The Morgan fingerprint density at radius 1 is 0.903 bits per heavy atom. The van der Waals surface area contributed by atoms with Crippen molar-refractivity contribution >= 4 is 22.8 Å². The minimum absolute atomic E-state index is 0.174. The lowest BCUT2D eigenvalue weighted by atomic mass is 10.1. The molecule has 5 nitrogen and oxygen atoms in total. The summed E-state index contributed by atoms with van der Waals surface area (Å²) in [5.41, 5.74) is 3.91. The molecular formula is C26H23NO4. The number of nitrogens with zero attached hydrogens (tertiary/aromatic N) is 1. The first-order valence-corrected chi connectivity index (χ1v) is 10.2. The van der Waals surface area contributed by atoms with Gasteiger partial charge >= 0.3 is 11.9 Å². The van der Waals surface area contributed by atoms with Crippen molar-refractivity contribution in [2.75, 3.05) is 6.61 Å². The molecule has 0 amide bonds. The predicted molar refractivity (Wildman–Crippen MR) is 120 cm³/mol. The van der Waals surface area contributed by atoms with Gasteiger partial charge in [0.15, 0.2) is 0 Å². The van der Waals surface area contributed by atoms with E-state index in [1.165, 1.54) is 0 Å². The SMILES string of the molecule is CCOC(=O)c1c(C)n(-c2ccccc2)c2ccc(OC(=O)Cc3ccccc3)cc12. The maximum Gasteiger partial charge on any atom is 0.340 e. The van der Waals surface area contributed by atoms with Gasteiger partial charge in [-0.1, -0.05) is 48.5 Å². The van der Waals surface area contributed by atoms with Crippen LogP contribution in [0.25, 0.3) is 16.6 Å². The largest absolute Gasteiger partial charge is 0.462 e. The molecular weight excluding hydrogens is 390 g/mol. The summed E-state index contributed by atoms with van der Waals surface area (Å²) >= 11 is 0. The van der Waals surface area contributed by atoms with Gasteiger partial charge in [-0.05, 0) is 49.7 Å². The molecule has 0 saturated heterocycles. The van der Waals surface area contributed by atoms with Crippen LogP contribution in [0.5, 0.6) is 5.75 Å². The third-order valence-electron chi connectivity index (χ3n) is 5.09. The second kappa shape index (κ2) is 8.88. The van der Waals surface area contributed by atoms with Crippen LogP contribution in [0.1, 0.15) is 28.5 Å². The smallest absolute Gasteiger partial charge is 0.340 e. The number of hydrogen-bond donors (Lipinski definition) is 0. The van der Waals surface area contributed by atoms with E-state index < -0.39 is 5.97 Å². The zero-order chi connectivity index (χ0) is 21.8. The molecule has 1 heterocycles. The van der Waals surface area contributed by atoms with Gasteiger partial charge in [0.25, 0.3) is 0 Å². The number of carbonyl (C=O) groups is 2. The molecule has 3 aromatic carbocycles. The van der Waals surface area contributed by atoms with Crippen molar-refractivity contribution in [3.8, 4) is 11.4 Å². The molecule has 4 rings (SSSR count). The summed E-state index contributed by atoms with van der Waals surface area (Å²) in [4.78, 5) is 25.2. The van der Waals surface area contributed by atoms with E-state index in [-0.39, 0.29) is 19.0 Å². The van der Waals surface area contributed by atoms with Crippen LogP contribution in [0, 0.1) is 6.92 Å². The lowest BCUT2D eigenvalue weighted by molar-refractivity contribution is -0.133. The number of aromatic nitrogens is 1. The Morgan fingerprint density at radius 3 is 2.26 bits per heavy atom. The first-order chi connectivity index (χ1) is 15.1. The number of para-hydroxylation sites is 1. The van der Waals surface area contributed by atoms with Crippen molar-refractivity contribution in [2.24, 2.45) is 0 Å². The van der Waals surface area contributed by atoms with Crippen molar-refractivity contribution < 1.29 is 19.1 Å². The van der Waals surface area contributed by atoms with Gasteiger partial charge in [0.2, 0.25) is 0 Å². The molecule has 0 bridgehead atoms. The van der Waals surface area contributed by atoms with Gasteiger partial charge < -0.3 is 14.0 Å². The number of ether oxygens (including phenoxy) is 2. The van der Waals surface area contributed by atoms with Crippen LogP contribution in [-0.2, 0) is 16.0 Å². The van der Waals surface area contributed by atoms with Crippen molar-refractivity contribution in [2.45, 2.75) is 20.3 Å². The Labute approximate surface area is 180 Å². The van der Waals surface area contributed by atoms with Gasteiger partial charge in [-0.3, -0.25) is 4.79 Å². The predicted octanol–water partition coefficient (Wildman–Crippen LogP) is 5.26. The fourth-order valence-electron chi connectivity index (χ4n) is 3.76. The Kier molecular flexibility index (Phi) is 5.85.